The molecule has 2 aromatic rings. The molecule has 1 saturated heterocycles. The van der Waals surface area contributed by atoms with Crippen LogP contribution in [0.2, 0.25) is 0 Å². The van der Waals surface area contributed by atoms with Crippen LogP contribution < -0.4 is 24.8 Å². The number of benzene rings is 1. The highest BCUT2D eigenvalue weighted by molar-refractivity contribution is 7.12. The van der Waals surface area contributed by atoms with Crippen LogP contribution in [-0.2, 0) is 0 Å². The number of nitrogens with one attached hydrogen (secondary N) is 2. The number of alkyl halides is 3. The Morgan fingerprint density at radius 2 is 1.77 bits per heavy atom. The monoisotopic (exact) mass is 460 g/mol. The number of Topliss-reactive ketones (excluding diaryl/α,β-unsaturated/α-hetero) is 1. The molecule has 2 amide bonds. The van der Waals surface area contributed by atoms with E-state index in [0.29, 0.717) is 0 Å². The number of amides is 2. The molecule has 1 aromatic carbocycles. The van der Waals surface area contributed by atoms with Crippen LogP contribution in [0.3, 0.4) is 0 Å². The van der Waals surface area contributed by atoms with Gasteiger partial charge in [-0.2, -0.15) is 13.2 Å². The van der Waals surface area contributed by atoms with Crippen molar-refractivity contribution in [2.75, 3.05) is 21.3 Å². The number of rotatable bonds is 6. The van der Waals surface area contributed by atoms with Crippen molar-refractivity contribution in [1.29, 1.82) is 0 Å². The zero-order chi connectivity index (χ0) is 23.0. The van der Waals surface area contributed by atoms with Gasteiger partial charge in [-0.1, -0.05) is 6.07 Å². The van der Waals surface area contributed by atoms with Gasteiger partial charge in [-0.05, 0) is 29.1 Å². The molecule has 1 aliphatic heterocycles. The molecule has 3 rings (SSSR count). The fraction of sp³-hybridized carbons (Fsp3) is 0.368. The van der Waals surface area contributed by atoms with Crippen LogP contribution in [0.4, 0.5) is 18.0 Å². The topological polar surface area (TPSA) is 106 Å². The summed E-state index contributed by atoms with van der Waals surface area (Å²) in [6.07, 6.45) is -5.35. The highest BCUT2D eigenvalue weighted by Crippen LogP contribution is 2.47. The average Bonchev–Trinajstić information content (AvgIpc) is 3.25. The fourth-order valence-electron chi connectivity index (χ4n) is 3.47. The molecule has 8 nitrogen and oxygen atoms in total. The van der Waals surface area contributed by atoms with Crippen LogP contribution >= 0.6 is 11.3 Å². The Labute approximate surface area is 178 Å². The molecule has 0 bridgehead atoms. The van der Waals surface area contributed by atoms with Crippen LogP contribution in [0.1, 0.15) is 21.3 Å². The van der Waals surface area contributed by atoms with Gasteiger partial charge in [-0.3, -0.25) is 4.79 Å². The van der Waals surface area contributed by atoms with Gasteiger partial charge in [0.1, 0.15) is 5.92 Å². The molecule has 31 heavy (non-hydrogen) atoms. The van der Waals surface area contributed by atoms with E-state index in [9.17, 15) is 27.9 Å². The first-order chi connectivity index (χ1) is 14.6. The Morgan fingerprint density at radius 1 is 1.16 bits per heavy atom. The largest absolute Gasteiger partial charge is 0.493 e. The summed E-state index contributed by atoms with van der Waals surface area (Å²) in [7, 11) is 3.96. The van der Waals surface area contributed by atoms with Crippen LogP contribution in [0.15, 0.2) is 29.6 Å². The van der Waals surface area contributed by atoms with Crippen molar-refractivity contribution in [3.05, 3.63) is 40.1 Å². The summed E-state index contributed by atoms with van der Waals surface area (Å²) >= 11 is 0.918. The summed E-state index contributed by atoms with van der Waals surface area (Å²) in [4.78, 5) is 25.2. The minimum absolute atomic E-state index is 0.0111. The zero-order valence-corrected chi connectivity index (χ0v) is 17.4. The molecule has 12 heteroatoms. The summed E-state index contributed by atoms with van der Waals surface area (Å²) in [6, 6.07) is 2.59. The number of ketones is 1. The zero-order valence-electron chi connectivity index (χ0n) is 16.6. The van der Waals surface area contributed by atoms with Gasteiger partial charge in [-0.25, -0.2) is 4.79 Å². The molecule has 168 valence electrons. The summed E-state index contributed by atoms with van der Waals surface area (Å²) in [5, 5.41) is 15.9. The molecule has 2 heterocycles. The van der Waals surface area contributed by atoms with Crippen LogP contribution in [0.5, 0.6) is 17.2 Å². The molecule has 1 aromatic heterocycles. The van der Waals surface area contributed by atoms with Crippen LogP contribution in [-0.4, -0.2) is 50.2 Å². The van der Waals surface area contributed by atoms with Crippen molar-refractivity contribution in [2.24, 2.45) is 5.92 Å². The number of hydrogen-bond donors (Lipinski definition) is 3. The van der Waals surface area contributed by atoms with Gasteiger partial charge in [0.25, 0.3) is 0 Å². The normalized spacial score (nSPS) is 23.5. The van der Waals surface area contributed by atoms with E-state index in [1.807, 2.05) is 0 Å². The first-order valence-corrected chi connectivity index (χ1v) is 9.70. The van der Waals surface area contributed by atoms with Crippen LogP contribution in [0, 0.1) is 5.92 Å². The van der Waals surface area contributed by atoms with Crippen molar-refractivity contribution in [3.63, 3.8) is 0 Å². The Bertz CT molecular complexity index is 957. The Hall–Kier alpha value is -2.99. The Morgan fingerprint density at radius 3 is 2.23 bits per heavy atom. The van der Waals surface area contributed by atoms with Crippen molar-refractivity contribution in [3.8, 4) is 17.2 Å². The standard InChI is InChI=1S/C19H19F3N2O6S/c1-28-10-7-9(8-11(29-2)16(10)30-3)14-13(15(25)12-5-4-6-31-12)18(27,19(20,21)22)24-17(26)23-14/h4-8,13-14,27H,1-3H3,(H2,23,24,26)/t13-,14+,18+/m1/s1. The summed E-state index contributed by atoms with van der Waals surface area (Å²) in [5.41, 5.74) is -3.77. The number of aliphatic hydroxyl groups is 1. The number of carbonyl (C=O) groups is 2. The maximum absolute atomic E-state index is 13.9. The molecular weight excluding hydrogens is 441 g/mol. The third-order valence-corrected chi connectivity index (χ3v) is 5.78. The van der Waals surface area contributed by atoms with Gasteiger partial charge in [0.2, 0.25) is 11.5 Å². The molecule has 0 spiro atoms. The molecule has 0 radical (unpaired) electrons. The minimum Gasteiger partial charge on any atom is -0.493 e. The molecule has 0 aliphatic carbocycles. The lowest BCUT2D eigenvalue weighted by Gasteiger charge is -2.45. The second-order valence-electron chi connectivity index (χ2n) is 6.62. The Kier molecular flexibility index (Phi) is 6.05. The number of methoxy groups -OCH3 is 3. The van der Waals surface area contributed by atoms with Gasteiger partial charge < -0.3 is 30.0 Å². The molecule has 1 fully saturated rings. The number of thiophene rings is 1. The SMILES string of the molecule is COc1cc([C@@H]2NC(=O)N[C@@](O)(C(F)(F)F)[C@H]2C(=O)c2cccs2)cc(OC)c1OC. The first kappa shape index (κ1) is 22.7. The third-order valence-electron chi connectivity index (χ3n) is 4.90. The van der Waals surface area contributed by atoms with E-state index in [-0.39, 0.29) is 27.7 Å². The predicted molar refractivity (Wildman–Crippen MR) is 104 cm³/mol. The van der Waals surface area contributed by atoms with E-state index in [0.717, 1.165) is 11.3 Å². The van der Waals surface area contributed by atoms with Crippen molar-refractivity contribution in [2.45, 2.75) is 17.9 Å². The maximum Gasteiger partial charge on any atom is 0.437 e. The van der Waals surface area contributed by atoms with E-state index in [2.05, 4.69) is 5.32 Å². The van der Waals surface area contributed by atoms with E-state index < -0.39 is 35.7 Å². The van der Waals surface area contributed by atoms with Crippen LogP contribution in [0.25, 0.3) is 0 Å². The second kappa shape index (κ2) is 8.27. The van der Waals surface area contributed by atoms with E-state index in [1.165, 1.54) is 56.3 Å². The van der Waals surface area contributed by atoms with Gasteiger partial charge >= 0.3 is 12.2 Å². The number of urea groups is 1. The number of halogens is 3. The lowest BCUT2D eigenvalue weighted by molar-refractivity contribution is -0.287. The van der Waals surface area contributed by atoms with E-state index >= 15 is 0 Å². The predicted octanol–water partition coefficient (Wildman–Crippen LogP) is 2.88. The minimum atomic E-state index is -5.35. The summed E-state index contributed by atoms with van der Waals surface area (Å²) < 4.78 is 57.5. The smallest absolute Gasteiger partial charge is 0.437 e. The number of carbonyl (C=O) groups excluding carboxylic acids is 2. The third kappa shape index (κ3) is 3.88. The molecule has 3 atom stereocenters. The molecule has 0 saturated carbocycles. The van der Waals surface area contributed by atoms with E-state index in [1.54, 1.807) is 0 Å². The van der Waals surface area contributed by atoms with E-state index in [4.69, 9.17) is 14.2 Å². The number of ether oxygens (including phenoxy) is 3. The molecule has 0 unspecified atom stereocenters. The molecule has 1 aliphatic rings. The first-order valence-electron chi connectivity index (χ1n) is 8.82. The highest BCUT2D eigenvalue weighted by Gasteiger charge is 2.66. The lowest BCUT2D eigenvalue weighted by atomic mass is 9.78. The number of hydrogen-bond acceptors (Lipinski definition) is 7. The Balaban J connectivity index is 2.23. The fourth-order valence-corrected chi connectivity index (χ4v) is 4.17. The van der Waals surface area contributed by atoms with Gasteiger partial charge in [-0.15, -0.1) is 11.3 Å². The lowest BCUT2D eigenvalue weighted by Crippen LogP contribution is -2.72. The van der Waals surface area contributed by atoms with Crippen molar-refractivity contribution < 1.29 is 42.1 Å². The van der Waals surface area contributed by atoms with Gasteiger partial charge in [0.15, 0.2) is 17.3 Å². The second-order valence-corrected chi connectivity index (χ2v) is 7.57. The summed E-state index contributed by atoms with van der Waals surface area (Å²) in [6.45, 7) is 0. The molecular formula is C19H19F3N2O6S. The van der Waals surface area contributed by atoms with Crippen molar-refractivity contribution in [1.82, 2.24) is 10.6 Å². The summed E-state index contributed by atoms with van der Waals surface area (Å²) in [5.74, 6) is -2.78. The van der Waals surface area contributed by atoms with Crippen molar-refractivity contribution >= 4 is 23.2 Å². The highest BCUT2D eigenvalue weighted by atomic mass is 32.1. The maximum atomic E-state index is 13.9. The quantitative estimate of drug-likeness (QED) is 0.573. The van der Waals surface area contributed by atoms with Gasteiger partial charge in [0.05, 0.1) is 32.2 Å². The average molecular weight is 460 g/mol. The molecule has 3 N–H and O–H groups in total. The van der Waals surface area contributed by atoms with Gasteiger partial charge in [0, 0.05) is 0 Å².